The zero-order valence-electron chi connectivity index (χ0n) is 12.3. The van der Waals surface area contributed by atoms with Gasteiger partial charge in [-0.1, -0.05) is 17.2 Å². The van der Waals surface area contributed by atoms with Crippen LogP contribution in [-0.4, -0.2) is 42.4 Å². The number of imide groups is 1. The highest BCUT2D eigenvalue weighted by molar-refractivity contribution is 6.21. The molecule has 0 radical (unpaired) electrons. The van der Waals surface area contributed by atoms with E-state index in [-0.39, 0.29) is 22.7 Å². The fourth-order valence-electron chi connectivity index (χ4n) is 2.34. The second-order valence-corrected chi connectivity index (χ2v) is 5.14. The summed E-state index contributed by atoms with van der Waals surface area (Å²) in [5, 5.41) is 4.35. The summed E-state index contributed by atoms with van der Waals surface area (Å²) in [4.78, 5) is 49.3. The summed E-state index contributed by atoms with van der Waals surface area (Å²) in [5.41, 5.74) is 1.18. The molecule has 0 aliphatic carbocycles. The Bertz CT molecular complexity index is 991. The van der Waals surface area contributed by atoms with E-state index in [2.05, 4.69) is 15.1 Å². The van der Waals surface area contributed by atoms with Crippen molar-refractivity contribution < 1.29 is 19.2 Å². The minimum Gasteiger partial charge on any atom is -0.321 e. The summed E-state index contributed by atoms with van der Waals surface area (Å²) in [6.45, 7) is 1.81. The number of hydrogen-bond acceptors (Lipinski definition) is 7. The van der Waals surface area contributed by atoms with Crippen LogP contribution in [0.2, 0.25) is 0 Å². The molecule has 118 valence electrons. The Kier molecular flexibility index (Phi) is 2.89. The number of rotatable bonds is 2. The fourth-order valence-corrected chi connectivity index (χ4v) is 2.34. The Hall–Kier alpha value is -3.62. The monoisotopic (exact) mass is 323 g/mol. The standard InChI is InChI=1S/C15H9N5O4/c1-8-6-16-15-17-11(18-19(15)7-8)14(23)24-20-12(21)9-4-2-3-5-10(9)13(20)22/h2-7H,1H3. The largest absolute Gasteiger partial charge is 0.403 e. The Morgan fingerprint density at radius 3 is 2.46 bits per heavy atom. The zero-order chi connectivity index (χ0) is 16.8. The van der Waals surface area contributed by atoms with E-state index in [4.69, 9.17) is 4.84 Å². The smallest absolute Gasteiger partial charge is 0.321 e. The van der Waals surface area contributed by atoms with Crippen LogP contribution in [0.4, 0.5) is 0 Å². The highest BCUT2D eigenvalue weighted by atomic mass is 16.7. The van der Waals surface area contributed by atoms with Gasteiger partial charge in [0.15, 0.2) is 0 Å². The molecular formula is C15H9N5O4. The molecule has 9 nitrogen and oxygen atoms in total. The normalized spacial score (nSPS) is 13.5. The SMILES string of the molecule is Cc1cnc2nc(C(=O)ON3C(=O)c4ccccc4C3=O)nn2c1. The second-order valence-electron chi connectivity index (χ2n) is 5.14. The van der Waals surface area contributed by atoms with Crippen molar-refractivity contribution in [2.24, 2.45) is 0 Å². The maximum absolute atomic E-state index is 12.2. The Balaban J connectivity index is 1.62. The molecule has 2 aromatic heterocycles. The van der Waals surface area contributed by atoms with Crippen LogP contribution in [0.3, 0.4) is 0 Å². The summed E-state index contributed by atoms with van der Waals surface area (Å²) < 4.78 is 1.31. The summed E-state index contributed by atoms with van der Waals surface area (Å²) in [6, 6.07) is 6.21. The minimum atomic E-state index is -1.02. The van der Waals surface area contributed by atoms with Gasteiger partial charge in [-0.25, -0.2) is 14.3 Å². The highest BCUT2D eigenvalue weighted by Gasteiger charge is 2.39. The molecule has 9 heteroatoms. The van der Waals surface area contributed by atoms with Crippen molar-refractivity contribution in [2.75, 3.05) is 0 Å². The first kappa shape index (κ1) is 14.0. The number of nitrogens with zero attached hydrogens (tertiary/aromatic N) is 5. The van der Waals surface area contributed by atoms with Crippen molar-refractivity contribution in [1.82, 2.24) is 24.6 Å². The lowest BCUT2D eigenvalue weighted by atomic mass is 10.1. The molecule has 0 spiro atoms. The van der Waals surface area contributed by atoms with Crippen molar-refractivity contribution in [3.63, 3.8) is 0 Å². The van der Waals surface area contributed by atoms with Gasteiger partial charge < -0.3 is 4.84 Å². The number of aromatic nitrogens is 4. The Labute approximate surface area is 134 Å². The second kappa shape index (κ2) is 4.95. The average molecular weight is 323 g/mol. The molecule has 3 heterocycles. The molecule has 1 aromatic carbocycles. The van der Waals surface area contributed by atoms with E-state index in [0.29, 0.717) is 5.06 Å². The average Bonchev–Trinajstić information content (AvgIpc) is 3.10. The molecule has 1 aliphatic rings. The van der Waals surface area contributed by atoms with E-state index in [0.717, 1.165) is 5.56 Å². The molecule has 2 amide bonds. The van der Waals surface area contributed by atoms with E-state index in [1.54, 1.807) is 24.5 Å². The quantitative estimate of drug-likeness (QED) is 0.642. The van der Waals surface area contributed by atoms with Crippen LogP contribution in [0.25, 0.3) is 5.78 Å². The van der Waals surface area contributed by atoms with Crippen LogP contribution < -0.4 is 0 Å². The van der Waals surface area contributed by atoms with Gasteiger partial charge in [-0.2, -0.15) is 4.98 Å². The van der Waals surface area contributed by atoms with Gasteiger partial charge in [0.2, 0.25) is 0 Å². The molecule has 0 saturated heterocycles. The molecule has 1 aliphatic heterocycles. The van der Waals surface area contributed by atoms with Gasteiger partial charge in [0.1, 0.15) is 0 Å². The van der Waals surface area contributed by atoms with E-state index in [1.807, 2.05) is 6.92 Å². The topological polar surface area (TPSA) is 107 Å². The van der Waals surface area contributed by atoms with Gasteiger partial charge in [0.25, 0.3) is 23.4 Å². The van der Waals surface area contributed by atoms with E-state index >= 15 is 0 Å². The van der Waals surface area contributed by atoms with Crippen LogP contribution in [0, 0.1) is 6.92 Å². The first-order valence-electron chi connectivity index (χ1n) is 6.94. The third-order valence-corrected chi connectivity index (χ3v) is 3.44. The molecule has 0 fully saturated rings. The van der Waals surface area contributed by atoms with Crippen molar-refractivity contribution >= 4 is 23.6 Å². The van der Waals surface area contributed by atoms with Crippen molar-refractivity contribution in [3.8, 4) is 0 Å². The predicted molar refractivity (Wildman–Crippen MR) is 77.9 cm³/mol. The molecule has 3 aromatic rings. The molecule has 24 heavy (non-hydrogen) atoms. The lowest BCUT2D eigenvalue weighted by Crippen LogP contribution is -2.33. The van der Waals surface area contributed by atoms with E-state index < -0.39 is 17.8 Å². The summed E-state index contributed by atoms with van der Waals surface area (Å²) in [7, 11) is 0. The van der Waals surface area contributed by atoms with Gasteiger partial charge in [-0.3, -0.25) is 9.59 Å². The highest BCUT2D eigenvalue weighted by Crippen LogP contribution is 2.23. The third-order valence-electron chi connectivity index (χ3n) is 3.44. The number of hydrogen-bond donors (Lipinski definition) is 0. The maximum atomic E-state index is 12.2. The zero-order valence-corrected chi connectivity index (χ0v) is 12.3. The number of hydroxylamine groups is 2. The van der Waals surface area contributed by atoms with Gasteiger partial charge >= 0.3 is 5.97 Å². The van der Waals surface area contributed by atoms with Crippen LogP contribution in [-0.2, 0) is 4.84 Å². The summed E-state index contributed by atoms with van der Waals surface area (Å²) >= 11 is 0. The van der Waals surface area contributed by atoms with Gasteiger partial charge in [0, 0.05) is 12.4 Å². The summed E-state index contributed by atoms with van der Waals surface area (Å²) in [5.74, 6) is -2.53. The van der Waals surface area contributed by atoms with Gasteiger partial charge in [-0.15, -0.1) is 5.10 Å². The lowest BCUT2D eigenvalue weighted by Gasteiger charge is -2.10. The fraction of sp³-hybridized carbons (Fsp3) is 0.0667. The molecule has 0 bridgehead atoms. The Morgan fingerprint density at radius 1 is 1.12 bits per heavy atom. The number of amides is 2. The van der Waals surface area contributed by atoms with Gasteiger partial charge in [-0.05, 0) is 24.6 Å². The molecule has 0 saturated carbocycles. The predicted octanol–water partition coefficient (Wildman–Crippen LogP) is 0.801. The van der Waals surface area contributed by atoms with Crippen molar-refractivity contribution in [2.45, 2.75) is 6.92 Å². The third kappa shape index (κ3) is 2.02. The van der Waals surface area contributed by atoms with Gasteiger partial charge in [0.05, 0.1) is 11.1 Å². The van der Waals surface area contributed by atoms with Crippen LogP contribution in [0.5, 0.6) is 0 Å². The van der Waals surface area contributed by atoms with Crippen molar-refractivity contribution in [1.29, 1.82) is 0 Å². The van der Waals surface area contributed by atoms with E-state index in [1.165, 1.54) is 16.6 Å². The number of carbonyl (C=O) groups is 3. The maximum Gasteiger partial charge on any atom is 0.403 e. The molecule has 0 atom stereocenters. The minimum absolute atomic E-state index is 0.176. The number of fused-ring (bicyclic) bond motifs is 2. The first-order valence-corrected chi connectivity index (χ1v) is 6.94. The van der Waals surface area contributed by atoms with Crippen LogP contribution in [0.1, 0.15) is 36.9 Å². The lowest BCUT2D eigenvalue weighted by molar-refractivity contribution is -0.0592. The van der Waals surface area contributed by atoms with E-state index in [9.17, 15) is 14.4 Å². The number of benzene rings is 1. The number of aryl methyl sites for hydroxylation is 1. The molecule has 4 rings (SSSR count). The Morgan fingerprint density at radius 2 is 1.79 bits per heavy atom. The van der Waals surface area contributed by atoms with Crippen molar-refractivity contribution in [3.05, 3.63) is 59.2 Å². The molecule has 0 N–H and O–H groups in total. The number of carbonyl (C=O) groups excluding carboxylic acids is 3. The summed E-state index contributed by atoms with van der Waals surface area (Å²) in [6.07, 6.45) is 3.21. The van der Waals surface area contributed by atoms with Crippen LogP contribution in [0.15, 0.2) is 36.7 Å². The van der Waals surface area contributed by atoms with Crippen LogP contribution >= 0.6 is 0 Å². The molecule has 0 unspecified atom stereocenters. The molecular weight excluding hydrogens is 314 g/mol. The first-order chi connectivity index (χ1) is 11.5.